The molecule has 0 aromatic carbocycles. The Bertz CT molecular complexity index is 368. The highest BCUT2D eigenvalue weighted by atomic mass is 35.5. The lowest BCUT2D eigenvalue weighted by atomic mass is 10.3. The van der Waals surface area contributed by atoms with Crippen LogP contribution in [0.1, 0.15) is 18.5 Å². The molecule has 0 N–H and O–H groups in total. The molecule has 0 saturated heterocycles. The van der Waals surface area contributed by atoms with Crippen LogP contribution in [-0.4, -0.2) is 11.1 Å². The minimum Gasteiger partial charge on any atom is -0.487 e. The minimum atomic E-state index is 0.269. The average Bonchev–Trinajstić information content (AvgIpc) is 2.92. The van der Waals surface area contributed by atoms with Crippen molar-refractivity contribution < 1.29 is 4.74 Å². The zero-order valence-electron chi connectivity index (χ0n) is 6.83. The fraction of sp³-hybridized carbons (Fsp3) is 0.333. The SMILES string of the molecule is N#Cc1ccc(OC2CC2)c(Cl)n1. The molecule has 2 rings (SSSR count). The molecule has 1 heterocycles. The summed E-state index contributed by atoms with van der Waals surface area (Å²) in [5.41, 5.74) is 0.313. The topological polar surface area (TPSA) is 45.9 Å². The summed E-state index contributed by atoms with van der Waals surface area (Å²) in [6.07, 6.45) is 2.46. The molecular weight excluding hydrogens is 188 g/mol. The first kappa shape index (κ1) is 8.33. The van der Waals surface area contributed by atoms with E-state index in [1.165, 1.54) is 0 Å². The summed E-state index contributed by atoms with van der Waals surface area (Å²) >= 11 is 5.79. The van der Waals surface area contributed by atoms with E-state index in [1.54, 1.807) is 12.1 Å². The monoisotopic (exact) mass is 194 g/mol. The summed E-state index contributed by atoms with van der Waals surface area (Å²) in [6, 6.07) is 5.20. The van der Waals surface area contributed by atoms with Crippen molar-refractivity contribution in [2.24, 2.45) is 0 Å². The van der Waals surface area contributed by atoms with Gasteiger partial charge in [-0.15, -0.1) is 0 Å². The molecule has 1 saturated carbocycles. The largest absolute Gasteiger partial charge is 0.487 e. The van der Waals surface area contributed by atoms with E-state index < -0.39 is 0 Å². The Balaban J connectivity index is 2.21. The van der Waals surface area contributed by atoms with Gasteiger partial charge in [0.05, 0.1) is 6.10 Å². The number of hydrogen-bond acceptors (Lipinski definition) is 3. The third-order valence-corrected chi connectivity index (χ3v) is 2.02. The van der Waals surface area contributed by atoms with Gasteiger partial charge < -0.3 is 4.74 Å². The predicted octanol–water partition coefficient (Wildman–Crippen LogP) is 2.15. The van der Waals surface area contributed by atoms with Gasteiger partial charge in [0.2, 0.25) is 0 Å². The van der Waals surface area contributed by atoms with Crippen LogP contribution in [-0.2, 0) is 0 Å². The van der Waals surface area contributed by atoms with Gasteiger partial charge in [0, 0.05) is 0 Å². The van der Waals surface area contributed by atoms with Crippen molar-refractivity contribution in [2.75, 3.05) is 0 Å². The summed E-state index contributed by atoms with van der Waals surface area (Å²) < 4.78 is 5.45. The van der Waals surface area contributed by atoms with Gasteiger partial charge in [-0.1, -0.05) is 11.6 Å². The Morgan fingerprint density at radius 2 is 2.31 bits per heavy atom. The molecule has 66 valence electrons. The number of rotatable bonds is 2. The Morgan fingerprint density at radius 3 is 2.85 bits per heavy atom. The predicted molar refractivity (Wildman–Crippen MR) is 47.6 cm³/mol. The van der Waals surface area contributed by atoms with Crippen LogP contribution in [0.5, 0.6) is 5.75 Å². The van der Waals surface area contributed by atoms with E-state index in [4.69, 9.17) is 21.6 Å². The second-order valence-electron chi connectivity index (χ2n) is 2.91. The van der Waals surface area contributed by atoms with E-state index >= 15 is 0 Å². The third-order valence-electron chi connectivity index (χ3n) is 1.75. The van der Waals surface area contributed by atoms with E-state index in [2.05, 4.69) is 4.98 Å². The highest BCUT2D eigenvalue weighted by Gasteiger charge is 2.24. The lowest BCUT2D eigenvalue weighted by Crippen LogP contribution is -1.97. The van der Waals surface area contributed by atoms with Crippen LogP contribution in [0, 0.1) is 11.3 Å². The standard InChI is InChI=1S/C9H7ClN2O/c10-9-8(13-7-2-3-7)4-1-6(5-11)12-9/h1,4,7H,2-3H2. The molecule has 0 unspecified atom stereocenters. The van der Waals surface area contributed by atoms with Crippen molar-refractivity contribution in [3.8, 4) is 11.8 Å². The quantitative estimate of drug-likeness (QED) is 0.678. The van der Waals surface area contributed by atoms with E-state index in [1.807, 2.05) is 6.07 Å². The molecule has 1 aliphatic rings. The first-order valence-corrected chi connectivity index (χ1v) is 4.40. The maximum absolute atomic E-state index is 8.54. The molecule has 4 heteroatoms. The third kappa shape index (κ3) is 1.90. The second-order valence-corrected chi connectivity index (χ2v) is 3.27. The number of nitriles is 1. The molecule has 1 aromatic rings. The highest BCUT2D eigenvalue weighted by molar-refractivity contribution is 6.30. The Morgan fingerprint density at radius 1 is 1.54 bits per heavy atom. The van der Waals surface area contributed by atoms with Crippen molar-refractivity contribution in [2.45, 2.75) is 18.9 Å². The van der Waals surface area contributed by atoms with E-state index in [-0.39, 0.29) is 5.15 Å². The maximum atomic E-state index is 8.54. The van der Waals surface area contributed by atoms with E-state index in [0.29, 0.717) is 17.5 Å². The molecule has 0 aliphatic heterocycles. The van der Waals surface area contributed by atoms with E-state index in [0.717, 1.165) is 12.8 Å². The number of ether oxygens (including phenoxy) is 1. The molecule has 1 aliphatic carbocycles. The van der Waals surface area contributed by atoms with Crippen molar-refractivity contribution in [1.82, 2.24) is 4.98 Å². The van der Waals surface area contributed by atoms with Crippen LogP contribution >= 0.6 is 11.6 Å². The zero-order valence-corrected chi connectivity index (χ0v) is 7.58. The average molecular weight is 195 g/mol. The van der Waals surface area contributed by atoms with Crippen LogP contribution in [0.2, 0.25) is 5.15 Å². The lowest BCUT2D eigenvalue weighted by Gasteiger charge is -2.04. The first-order valence-electron chi connectivity index (χ1n) is 4.03. The Hall–Kier alpha value is -1.27. The van der Waals surface area contributed by atoms with Crippen molar-refractivity contribution in [1.29, 1.82) is 5.26 Å². The van der Waals surface area contributed by atoms with Crippen molar-refractivity contribution >= 4 is 11.6 Å². The lowest BCUT2D eigenvalue weighted by molar-refractivity contribution is 0.302. The fourth-order valence-corrected chi connectivity index (χ4v) is 1.14. The first-order chi connectivity index (χ1) is 6.29. The fourth-order valence-electron chi connectivity index (χ4n) is 0.937. The molecular formula is C9H7ClN2O. The summed E-state index contributed by atoms with van der Waals surface area (Å²) in [5.74, 6) is 0.572. The normalized spacial score (nSPS) is 15.1. The van der Waals surface area contributed by atoms with Gasteiger partial charge in [-0.3, -0.25) is 0 Å². The van der Waals surface area contributed by atoms with E-state index in [9.17, 15) is 0 Å². The highest BCUT2D eigenvalue weighted by Crippen LogP contribution is 2.30. The number of aromatic nitrogens is 1. The number of pyridine rings is 1. The van der Waals surface area contributed by atoms with Gasteiger partial charge in [0.25, 0.3) is 0 Å². The van der Waals surface area contributed by atoms with Gasteiger partial charge in [-0.05, 0) is 25.0 Å². The molecule has 1 aromatic heterocycles. The van der Waals surface area contributed by atoms with Gasteiger partial charge in [0.15, 0.2) is 10.9 Å². The van der Waals surface area contributed by atoms with Crippen molar-refractivity contribution in [3.63, 3.8) is 0 Å². The molecule has 0 bridgehead atoms. The molecule has 0 radical (unpaired) electrons. The zero-order chi connectivity index (χ0) is 9.26. The second kappa shape index (κ2) is 3.23. The van der Waals surface area contributed by atoms with Crippen LogP contribution < -0.4 is 4.74 Å². The van der Waals surface area contributed by atoms with Gasteiger partial charge in [-0.2, -0.15) is 5.26 Å². The van der Waals surface area contributed by atoms with Gasteiger partial charge >= 0.3 is 0 Å². The smallest absolute Gasteiger partial charge is 0.172 e. The minimum absolute atomic E-state index is 0.269. The maximum Gasteiger partial charge on any atom is 0.172 e. The molecule has 1 fully saturated rings. The number of nitrogens with zero attached hydrogens (tertiary/aromatic N) is 2. The molecule has 0 atom stereocenters. The summed E-state index contributed by atoms with van der Waals surface area (Å²) in [5, 5.41) is 8.80. The number of hydrogen-bond donors (Lipinski definition) is 0. The van der Waals surface area contributed by atoms with Crippen LogP contribution in [0.4, 0.5) is 0 Å². The van der Waals surface area contributed by atoms with Gasteiger partial charge in [0.1, 0.15) is 11.8 Å². The molecule has 13 heavy (non-hydrogen) atoms. The van der Waals surface area contributed by atoms with Crippen LogP contribution in [0.3, 0.4) is 0 Å². The molecule has 0 spiro atoms. The number of halogens is 1. The van der Waals surface area contributed by atoms with Gasteiger partial charge in [-0.25, -0.2) is 4.98 Å². The summed E-state index contributed by atoms with van der Waals surface area (Å²) in [4.78, 5) is 3.85. The summed E-state index contributed by atoms with van der Waals surface area (Å²) in [7, 11) is 0. The van der Waals surface area contributed by atoms with Crippen molar-refractivity contribution in [3.05, 3.63) is 23.0 Å². The summed E-state index contributed by atoms with van der Waals surface area (Å²) in [6.45, 7) is 0. The van der Waals surface area contributed by atoms with Crippen LogP contribution in [0.15, 0.2) is 12.1 Å². The molecule has 3 nitrogen and oxygen atoms in total. The Kier molecular flexibility index (Phi) is 2.07. The molecule has 0 amide bonds. The Labute approximate surface area is 80.9 Å². The van der Waals surface area contributed by atoms with Crippen LogP contribution in [0.25, 0.3) is 0 Å².